The number of carbonyl (C=O) groups is 1. The largest absolute Gasteiger partial charge is 0.494 e. The maximum atomic E-state index is 10.5. The van der Waals surface area contributed by atoms with Gasteiger partial charge in [-0.3, -0.25) is 4.79 Å². The van der Waals surface area contributed by atoms with Crippen LogP contribution in [0.3, 0.4) is 0 Å². The van der Waals surface area contributed by atoms with E-state index < -0.39 is 5.97 Å². The molecule has 0 spiro atoms. The van der Waals surface area contributed by atoms with Crippen molar-refractivity contribution in [2.24, 2.45) is 0 Å². The van der Waals surface area contributed by atoms with E-state index >= 15 is 0 Å². The zero-order chi connectivity index (χ0) is 15.3. The van der Waals surface area contributed by atoms with Gasteiger partial charge in [-0.2, -0.15) is 0 Å². The molecule has 2 N–H and O–H groups in total. The summed E-state index contributed by atoms with van der Waals surface area (Å²) in [6, 6.07) is 7.84. The topological polar surface area (TPSA) is 66.8 Å². The maximum Gasteiger partial charge on any atom is 0.303 e. The van der Waals surface area contributed by atoms with Crippen LogP contribution in [0.5, 0.6) is 5.75 Å². The van der Waals surface area contributed by atoms with Crippen LogP contribution in [-0.4, -0.2) is 28.9 Å². The summed E-state index contributed by atoms with van der Waals surface area (Å²) in [6.07, 6.45) is 4.36. The Balaban J connectivity index is 2.01. The Bertz CT molecular complexity index is 485. The quantitative estimate of drug-likeness (QED) is 0.791. The van der Waals surface area contributed by atoms with E-state index in [0.717, 1.165) is 37.0 Å². The first-order valence-corrected chi connectivity index (χ1v) is 7.65. The molecule has 0 saturated heterocycles. The lowest BCUT2D eigenvalue weighted by molar-refractivity contribution is -0.137. The number of rotatable bonds is 6. The van der Waals surface area contributed by atoms with Gasteiger partial charge in [0.1, 0.15) is 5.75 Å². The summed E-state index contributed by atoms with van der Waals surface area (Å²) in [4.78, 5) is 10.5. The van der Waals surface area contributed by atoms with E-state index in [1.807, 2.05) is 24.3 Å². The Kier molecular flexibility index (Phi) is 5.23. The SMILES string of the molecule is CC1(c2cccc(OCCCC(=O)O)c2)CCCCC1O. The molecule has 1 aliphatic rings. The van der Waals surface area contributed by atoms with Crippen LogP contribution in [0.15, 0.2) is 24.3 Å². The van der Waals surface area contributed by atoms with Crippen LogP contribution >= 0.6 is 0 Å². The number of carboxylic acids is 1. The minimum absolute atomic E-state index is 0.121. The van der Waals surface area contributed by atoms with E-state index in [2.05, 4.69) is 6.92 Å². The Morgan fingerprint density at radius 3 is 2.95 bits per heavy atom. The number of hydrogen-bond acceptors (Lipinski definition) is 3. The van der Waals surface area contributed by atoms with Crippen LogP contribution in [0.1, 0.15) is 51.0 Å². The smallest absolute Gasteiger partial charge is 0.303 e. The molecule has 2 unspecified atom stereocenters. The molecular weight excluding hydrogens is 268 g/mol. The standard InChI is InChI=1S/C17H24O4/c1-17(10-3-2-8-15(17)18)13-6-4-7-14(12-13)21-11-5-9-16(19)20/h4,6-7,12,15,18H,2-3,5,8-11H2,1H3,(H,19,20). The Labute approximate surface area is 125 Å². The number of aliphatic hydroxyl groups is 1. The molecule has 0 bridgehead atoms. The highest BCUT2D eigenvalue weighted by molar-refractivity contribution is 5.66. The molecule has 116 valence electrons. The molecule has 0 aromatic heterocycles. The average Bonchev–Trinajstić information content (AvgIpc) is 2.47. The van der Waals surface area contributed by atoms with Crippen molar-refractivity contribution >= 4 is 5.97 Å². The van der Waals surface area contributed by atoms with Crippen LogP contribution < -0.4 is 4.74 Å². The average molecular weight is 292 g/mol. The molecule has 1 aromatic carbocycles. The predicted octanol–water partition coefficient (Wildman–Crippen LogP) is 3.12. The van der Waals surface area contributed by atoms with Crippen LogP contribution in [0.4, 0.5) is 0 Å². The fourth-order valence-corrected chi connectivity index (χ4v) is 3.01. The number of carboxylic acid groups (broad SMARTS) is 1. The summed E-state index contributed by atoms with van der Waals surface area (Å²) in [7, 11) is 0. The van der Waals surface area contributed by atoms with Crippen molar-refractivity contribution in [1.29, 1.82) is 0 Å². The summed E-state index contributed by atoms with van der Waals surface area (Å²) in [5, 5.41) is 18.9. The van der Waals surface area contributed by atoms with Gasteiger partial charge >= 0.3 is 5.97 Å². The molecule has 1 aliphatic carbocycles. The van der Waals surface area contributed by atoms with Gasteiger partial charge in [0.2, 0.25) is 0 Å². The Morgan fingerprint density at radius 1 is 1.43 bits per heavy atom. The van der Waals surface area contributed by atoms with Crippen molar-refractivity contribution in [2.45, 2.75) is 57.0 Å². The molecule has 0 heterocycles. The normalized spacial score (nSPS) is 25.5. The lowest BCUT2D eigenvalue weighted by Gasteiger charge is -2.39. The van der Waals surface area contributed by atoms with Crippen molar-refractivity contribution < 1.29 is 19.7 Å². The Hall–Kier alpha value is -1.55. The molecule has 0 aliphatic heterocycles. The summed E-state index contributed by atoms with van der Waals surface area (Å²) in [5.41, 5.74) is 0.893. The third-order valence-corrected chi connectivity index (χ3v) is 4.46. The lowest BCUT2D eigenvalue weighted by atomic mass is 9.69. The summed E-state index contributed by atoms with van der Waals surface area (Å²) in [5.74, 6) is -0.0536. The van der Waals surface area contributed by atoms with Crippen LogP contribution in [0, 0.1) is 0 Å². The summed E-state index contributed by atoms with van der Waals surface area (Å²) >= 11 is 0. The van der Waals surface area contributed by atoms with Gasteiger partial charge in [0.25, 0.3) is 0 Å². The molecule has 1 saturated carbocycles. The van der Waals surface area contributed by atoms with Crippen molar-refractivity contribution in [2.75, 3.05) is 6.61 Å². The van der Waals surface area contributed by atoms with E-state index in [1.165, 1.54) is 0 Å². The molecule has 21 heavy (non-hydrogen) atoms. The monoisotopic (exact) mass is 292 g/mol. The van der Waals surface area contributed by atoms with E-state index in [9.17, 15) is 9.90 Å². The molecule has 1 aromatic rings. The second-order valence-corrected chi connectivity index (χ2v) is 6.05. The van der Waals surface area contributed by atoms with Crippen molar-refractivity contribution in [3.05, 3.63) is 29.8 Å². The predicted molar refractivity (Wildman–Crippen MR) is 80.6 cm³/mol. The van der Waals surface area contributed by atoms with E-state index in [4.69, 9.17) is 9.84 Å². The second-order valence-electron chi connectivity index (χ2n) is 6.05. The van der Waals surface area contributed by atoms with Crippen LogP contribution in [0.2, 0.25) is 0 Å². The minimum Gasteiger partial charge on any atom is -0.494 e. The fraction of sp³-hybridized carbons (Fsp3) is 0.588. The molecule has 4 heteroatoms. The molecule has 1 fully saturated rings. The highest BCUT2D eigenvalue weighted by atomic mass is 16.5. The number of aliphatic carboxylic acids is 1. The van der Waals surface area contributed by atoms with Gasteiger partial charge in [-0.25, -0.2) is 0 Å². The summed E-state index contributed by atoms with van der Waals surface area (Å²) < 4.78 is 5.62. The highest BCUT2D eigenvalue weighted by Gasteiger charge is 2.37. The van der Waals surface area contributed by atoms with E-state index in [-0.39, 0.29) is 17.9 Å². The minimum atomic E-state index is -0.801. The van der Waals surface area contributed by atoms with Gasteiger partial charge in [-0.05, 0) is 37.0 Å². The third-order valence-electron chi connectivity index (χ3n) is 4.46. The molecule has 0 amide bonds. The summed E-state index contributed by atoms with van der Waals surface area (Å²) in [6.45, 7) is 2.51. The van der Waals surface area contributed by atoms with E-state index in [0.29, 0.717) is 13.0 Å². The van der Waals surface area contributed by atoms with Crippen LogP contribution in [0.25, 0.3) is 0 Å². The van der Waals surface area contributed by atoms with Gasteiger partial charge in [-0.15, -0.1) is 0 Å². The van der Waals surface area contributed by atoms with Crippen LogP contribution in [-0.2, 0) is 10.2 Å². The molecule has 4 nitrogen and oxygen atoms in total. The molecule has 2 rings (SSSR count). The number of benzene rings is 1. The molecule has 0 radical (unpaired) electrons. The fourth-order valence-electron chi connectivity index (χ4n) is 3.01. The highest BCUT2D eigenvalue weighted by Crippen LogP contribution is 2.40. The Morgan fingerprint density at radius 2 is 2.24 bits per heavy atom. The zero-order valence-corrected chi connectivity index (χ0v) is 12.5. The second kappa shape index (κ2) is 6.94. The first-order valence-electron chi connectivity index (χ1n) is 7.65. The lowest BCUT2D eigenvalue weighted by Crippen LogP contribution is -2.39. The number of aliphatic hydroxyl groups excluding tert-OH is 1. The first kappa shape index (κ1) is 15.8. The molecular formula is C17H24O4. The van der Waals surface area contributed by atoms with Gasteiger partial charge in [0, 0.05) is 11.8 Å². The third kappa shape index (κ3) is 3.97. The van der Waals surface area contributed by atoms with E-state index in [1.54, 1.807) is 0 Å². The van der Waals surface area contributed by atoms with Crippen molar-refractivity contribution in [1.82, 2.24) is 0 Å². The number of hydrogen-bond donors (Lipinski definition) is 2. The first-order chi connectivity index (χ1) is 10.0. The van der Waals surface area contributed by atoms with Crippen molar-refractivity contribution in [3.63, 3.8) is 0 Å². The van der Waals surface area contributed by atoms with Gasteiger partial charge < -0.3 is 14.9 Å². The zero-order valence-electron chi connectivity index (χ0n) is 12.5. The van der Waals surface area contributed by atoms with Gasteiger partial charge in [0.05, 0.1) is 12.7 Å². The maximum absolute atomic E-state index is 10.5. The molecule has 2 atom stereocenters. The van der Waals surface area contributed by atoms with Gasteiger partial charge in [-0.1, -0.05) is 31.9 Å². The van der Waals surface area contributed by atoms with Crippen molar-refractivity contribution in [3.8, 4) is 5.75 Å². The number of ether oxygens (including phenoxy) is 1. The van der Waals surface area contributed by atoms with Gasteiger partial charge in [0.15, 0.2) is 0 Å².